The van der Waals surface area contributed by atoms with Gasteiger partial charge in [0.25, 0.3) is 0 Å². The predicted octanol–water partition coefficient (Wildman–Crippen LogP) is 2.99. The molecule has 1 atom stereocenters. The highest BCUT2D eigenvalue weighted by Gasteiger charge is 2.35. The number of methoxy groups -OCH3 is 1. The average Bonchev–Trinajstić information content (AvgIpc) is 2.37. The lowest BCUT2D eigenvalue weighted by molar-refractivity contribution is -0.121. The summed E-state index contributed by atoms with van der Waals surface area (Å²) in [7, 11) is 1.52. The van der Waals surface area contributed by atoms with Gasteiger partial charge in [-0.1, -0.05) is 30.7 Å². The first-order valence-electron chi connectivity index (χ1n) is 5.80. The summed E-state index contributed by atoms with van der Waals surface area (Å²) < 4.78 is 5.17. The maximum absolute atomic E-state index is 12.3. The fourth-order valence-corrected chi connectivity index (χ4v) is 1.89. The third-order valence-corrected chi connectivity index (χ3v) is 3.85. The van der Waals surface area contributed by atoms with Crippen molar-refractivity contribution in [3.05, 3.63) is 23.2 Å². The minimum Gasteiger partial charge on any atom is -0.495 e. The number of hydrogen-bond acceptors (Lipinski definition) is 3. The summed E-state index contributed by atoms with van der Waals surface area (Å²) in [6.07, 6.45) is 0.511. The van der Waals surface area contributed by atoms with Gasteiger partial charge in [-0.05, 0) is 31.5 Å². The van der Waals surface area contributed by atoms with Crippen molar-refractivity contribution < 1.29 is 9.53 Å². The highest BCUT2D eigenvalue weighted by molar-refractivity contribution is 7.80. The number of ether oxygens (including phenoxy) is 1. The second-order valence-electron chi connectivity index (χ2n) is 4.35. The number of anilines is 1. The molecular formula is C13H17ClN2O2S. The van der Waals surface area contributed by atoms with Gasteiger partial charge in [-0.15, -0.1) is 0 Å². The van der Waals surface area contributed by atoms with Crippen LogP contribution in [0.1, 0.15) is 20.3 Å². The summed E-state index contributed by atoms with van der Waals surface area (Å²) in [5, 5.41) is 3.26. The Kier molecular flexibility index (Phi) is 5.14. The van der Waals surface area contributed by atoms with E-state index in [0.29, 0.717) is 22.9 Å². The minimum absolute atomic E-state index is 0.161. The molecule has 0 aliphatic heterocycles. The molecule has 3 N–H and O–H groups in total. The van der Waals surface area contributed by atoms with Crippen LogP contribution in [0.25, 0.3) is 0 Å². The summed E-state index contributed by atoms with van der Waals surface area (Å²) in [4.78, 5) is 12.5. The maximum Gasteiger partial charge on any atom is 0.237 e. The number of rotatable bonds is 5. The summed E-state index contributed by atoms with van der Waals surface area (Å²) >= 11 is 10.9. The Labute approximate surface area is 123 Å². The Morgan fingerprint density at radius 1 is 1.58 bits per heavy atom. The number of carbonyl (C=O) groups is 1. The number of benzene rings is 1. The molecule has 1 aromatic carbocycles. The second kappa shape index (κ2) is 6.21. The molecule has 4 nitrogen and oxygen atoms in total. The first kappa shape index (κ1) is 15.7. The Bertz CT molecular complexity index is 507. The predicted molar refractivity (Wildman–Crippen MR) is 81.8 cm³/mol. The smallest absolute Gasteiger partial charge is 0.237 e. The molecule has 0 aromatic heterocycles. The zero-order chi connectivity index (χ0) is 14.6. The SMILES string of the molecule is CCC(C)(C(=O)Nc1cc(Cl)ccc1OC)C(N)=S. The summed E-state index contributed by atoms with van der Waals surface area (Å²) in [5.74, 6) is 0.252. The van der Waals surface area contributed by atoms with E-state index >= 15 is 0 Å². The van der Waals surface area contributed by atoms with E-state index in [9.17, 15) is 4.79 Å². The zero-order valence-electron chi connectivity index (χ0n) is 11.1. The molecule has 0 fully saturated rings. The van der Waals surface area contributed by atoms with E-state index in [4.69, 9.17) is 34.3 Å². The molecule has 1 rings (SSSR count). The maximum atomic E-state index is 12.3. The topological polar surface area (TPSA) is 64.3 Å². The molecule has 0 saturated carbocycles. The van der Waals surface area contributed by atoms with E-state index in [2.05, 4.69) is 5.32 Å². The van der Waals surface area contributed by atoms with Crippen molar-refractivity contribution in [2.45, 2.75) is 20.3 Å². The number of thiocarbonyl (C=S) groups is 1. The quantitative estimate of drug-likeness (QED) is 0.821. The fraction of sp³-hybridized carbons (Fsp3) is 0.385. The molecule has 0 bridgehead atoms. The van der Waals surface area contributed by atoms with Crippen LogP contribution in [0.5, 0.6) is 5.75 Å². The van der Waals surface area contributed by atoms with Gasteiger partial charge in [0.15, 0.2) is 0 Å². The molecule has 1 aromatic rings. The fourth-order valence-electron chi connectivity index (χ4n) is 1.48. The van der Waals surface area contributed by atoms with Gasteiger partial charge < -0.3 is 15.8 Å². The third-order valence-electron chi connectivity index (χ3n) is 3.16. The molecule has 0 saturated heterocycles. The van der Waals surface area contributed by atoms with Gasteiger partial charge in [0.05, 0.1) is 23.2 Å². The molecule has 19 heavy (non-hydrogen) atoms. The standard InChI is InChI=1S/C13H17ClN2O2S/c1-4-13(2,11(15)19)12(17)16-9-7-8(14)5-6-10(9)18-3/h5-7H,4H2,1-3H3,(H2,15,19)(H,16,17). The molecule has 0 spiro atoms. The van der Waals surface area contributed by atoms with E-state index in [-0.39, 0.29) is 10.9 Å². The number of carbonyl (C=O) groups excluding carboxylic acids is 1. The Morgan fingerprint density at radius 3 is 2.68 bits per heavy atom. The second-order valence-corrected chi connectivity index (χ2v) is 5.22. The van der Waals surface area contributed by atoms with E-state index in [1.165, 1.54) is 7.11 Å². The number of nitrogens with one attached hydrogen (secondary N) is 1. The van der Waals surface area contributed by atoms with Crippen molar-refractivity contribution in [2.75, 3.05) is 12.4 Å². The lowest BCUT2D eigenvalue weighted by Gasteiger charge is -2.26. The molecule has 6 heteroatoms. The van der Waals surface area contributed by atoms with Crippen LogP contribution in [0.4, 0.5) is 5.69 Å². The molecule has 0 aliphatic rings. The van der Waals surface area contributed by atoms with Gasteiger partial charge in [0.2, 0.25) is 5.91 Å². The van der Waals surface area contributed by atoms with Crippen molar-refractivity contribution in [3.8, 4) is 5.75 Å². The van der Waals surface area contributed by atoms with Crippen LogP contribution in [0, 0.1) is 5.41 Å². The van der Waals surface area contributed by atoms with Crippen LogP contribution >= 0.6 is 23.8 Å². The number of halogens is 1. The van der Waals surface area contributed by atoms with Gasteiger partial charge in [0.1, 0.15) is 5.75 Å². The van der Waals surface area contributed by atoms with Gasteiger partial charge in [-0.25, -0.2) is 0 Å². The van der Waals surface area contributed by atoms with Gasteiger partial charge >= 0.3 is 0 Å². The van der Waals surface area contributed by atoms with Crippen LogP contribution in [-0.4, -0.2) is 18.0 Å². The van der Waals surface area contributed by atoms with Crippen molar-refractivity contribution in [2.24, 2.45) is 11.1 Å². The molecule has 104 valence electrons. The molecule has 1 unspecified atom stereocenters. The monoisotopic (exact) mass is 300 g/mol. The first-order chi connectivity index (χ1) is 8.85. The van der Waals surface area contributed by atoms with Crippen LogP contribution < -0.4 is 15.8 Å². The molecular weight excluding hydrogens is 284 g/mol. The van der Waals surface area contributed by atoms with Gasteiger partial charge in [-0.2, -0.15) is 0 Å². The summed E-state index contributed by atoms with van der Waals surface area (Å²) in [6.45, 7) is 3.57. The lowest BCUT2D eigenvalue weighted by Crippen LogP contribution is -2.43. The van der Waals surface area contributed by atoms with Gasteiger partial charge in [0, 0.05) is 5.02 Å². The number of amides is 1. The van der Waals surface area contributed by atoms with Crippen LogP contribution in [0.3, 0.4) is 0 Å². The molecule has 0 heterocycles. The lowest BCUT2D eigenvalue weighted by atomic mass is 9.86. The first-order valence-corrected chi connectivity index (χ1v) is 6.58. The normalized spacial score (nSPS) is 13.5. The zero-order valence-corrected chi connectivity index (χ0v) is 12.7. The molecule has 0 aliphatic carbocycles. The van der Waals surface area contributed by atoms with Crippen LogP contribution in [0.2, 0.25) is 5.02 Å². The van der Waals surface area contributed by atoms with Crippen molar-refractivity contribution in [3.63, 3.8) is 0 Å². The van der Waals surface area contributed by atoms with Crippen molar-refractivity contribution >= 4 is 40.4 Å². The van der Waals surface area contributed by atoms with E-state index in [1.807, 2.05) is 6.92 Å². The van der Waals surface area contributed by atoms with Crippen LogP contribution in [0.15, 0.2) is 18.2 Å². The largest absolute Gasteiger partial charge is 0.495 e. The highest BCUT2D eigenvalue weighted by atomic mass is 35.5. The number of hydrogen-bond donors (Lipinski definition) is 2. The molecule has 1 amide bonds. The average molecular weight is 301 g/mol. The Hall–Kier alpha value is -1.33. The van der Waals surface area contributed by atoms with E-state index < -0.39 is 5.41 Å². The summed E-state index contributed by atoms with van der Waals surface area (Å²) in [5.41, 5.74) is 5.25. The van der Waals surface area contributed by atoms with E-state index in [1.54, 1.807) is 25.1 Å². The van der Waals surface area contributed by atoms with Crippen LogP contribution in [-0.2, 0) is 4.79 Å². The minimum atomic E-state index is -0.900. The van der Waals surface area contributed by atoms with E-state index in [0.717, 1.165) is 0 Å². The van der Waals surface area contributed by atoms with Crippen molar-refractivity contribution in [1.82, 2.24) is 0 Å². The Balaban J connectivity index is 3.05. The van der Waals surface area contributed by atoms with Crippen molar-refractivity contribution in [1.29, 1.82) is 0 Å². The summed E-state index contributed by atoms with van der Waals surface area (Å²) in [6, 6.07) is 4.98. The number of nitrogens with two attached hydrogens (primary N) is 1. The van der Waals surface area contributed by atoms with Gasteiger partial charge in [-0.3, -0.25) is 4.79 Å². The Morgan fingerprint density at radius 2 is 2.21 bits per heavy atom. The highest BCUT2D eigenvalue weighted by Crippen LogP contribution is 2.30. The molecule has 0 radical (unpaired) electrons. The third kappa shape index (κ3) is 3.36.